The summed E-state index contributed by atoms with van der Waals surface area (Å²) in [6, 6.07) is 18.8. The Morgan fingerprint density at radius 3 is 2.59 bits per heavy atom. The van der Waals surface area contributed by atoms with Crippen LogP contribution < -0.4 is 17.3 Å². The largest absolute Gasteiger partial charge is 1.00 e. The number of terminal acetylenes is 1. The highest BCUT2D eigenvalue weighted by Gasteiger charge is 2.20. The maximum atomic E-state index is 12.6. The number of nitrogens with one attached hydrogen (secondary N) is 1. The third-order valence-corrected chi connectivity index (χ3v) is 5.49. The fraction of sp³-hybridized carbons (Fsp3) is 0.240. The average Bonchev–Trinajstić information content (AvgIpc) is 3.13. The Kier molecular flexibility index (Phi) is 6.93. The van der Waals surface area contributed by atoms with Crippen molar-refractivity contribution in [2.45, 2.75) is 25.8 Å². The number of hydrogen-bond donors (Lipinski definition) is 1. The molecule has 3 aromatic rings. The number of hydrogen-bond acceptors (Lipinski definition) is 1. The van der Waals surface area contributed by atoms with Crippen LogP contribution in [0, 0.1) is 12.3 Å². The maximum absolute atomic E-state index is 12.6. The van der Waals surface area contributed by atoms with Crippen LogP contribution in [0.25, 0.3) is 16.5 Å². The highest BCUT2D eigenvalue weighted by atomic mass is 35.5. The summed E-state index contributed by atoms with van der Waals surface area (Å²) in [7, 11) is 0. The first-order valence-corrected chi connectivity index (χ1v) is 9.90. The van der Waals surface area contributed by atoms with Crippen molar-refractivity contribution in [2.75, 3.05) is 13.1 Å². The monoisotopic (exact) mass is 404 g/mol. The zero-order valence-corrected chi connectivity index (χ0v) is 17.2. The van der Waals surface area contributed by atoms with Crippen LogP contribution in [-0.4, -0.2) is 23.6 Å². The number of para-hydroxylation sites is 1. The second kappa shape index (κ2) is 9.60. The number of carbonyl (C=O) groups excluding carboxylic acids is 1. The lowest BCUT2D eigenvalue weighted by Crippen LogP contribution is -3.11. The summed E-state index contributed by atoms with van der Waals surface area (Å²) in [4.78, 5) is 14.2. The van der Waals surface area contributed by atoms with Gasteiger partial charge in [0.25, 0.3) is 0 Å². The van der Waals surface area contributed by atoms with E-state index in [-0.39, 0.29) is 18.3 Å². The molecule has 3 nitrogen and oxygen atoms in total. The van der Waals surface area contributed by atoms with Gasteiger partial charge in [-0.05, 0) is 17.7 Å². The smallest absolute Gasteiger partial charge is 0.232 e. The molecule has 4 rings (SSSR count). The molecule has 0 amide bonds. The van der Waals surface area contributed by atoms with Gasteiger partial charge < -0.3 is 17.3 Å². The lowest BCUT2D eigenvalue weighted by Gasteiger charge is -2.23. The zero-order valence-electron chi connectivity index (χ0n) is 16.4. The Labute approximate surface area is 178 Å². The minimum Gasteiger partial charge on any atom is -1.00 e. The summed E-state index contributed by atoms with van der Waals surface area (Å²) < 4.78 is 1.78. The number of rotatable bonds is 5. The molecular formula is C25H25ClN2O. The number of quaternary nitrogens is 1. The van der Waals surface area contributed by atoms with Crippen LogP contribution in [0.15, 0.2) is 66.9 Å². The van der Waals surface area contributed by atoms with Gasteiger partial charge in [-0.15, -0.1) is 12.3 Å². The van der Waals surface area contributed by atoms with Gasteiger partial charge in [0.1, 0.15) is 6.54 Å². The molecule has 0 saturated carbocycles. The minimum absolute atomic E-state index is 0. The third-order valence-electron chi connectivity index (χ3n) is 5.49. The van der Waals surface area contributed by atoms with Crippen LogP contribution in [-0.2, 0) is 6.54 Å². The Morgan fingerprint density at radius 1 is 1.10 bits per heavy atom. The van der Waals surface area contributed by atoms with E-state index in [1.807, 2.05) is 24.4 Å². The van der Waals surface area contributed by atoms with Crippen molar-refractivity contribution in [2.24, 2.45) is 0 Å². The number of fused-ring (bicyclic) bond motifs is 1. The van der Waals surface area contributed by atoms with Gasteiger partial charge in [-0.2, -0.15) is 0 Å². The second-order valence-electron chi connectivity index (χ2n) is 7.37. The standard InChI is InChI=1S/C25H24N2O.ClH/c1-2-3-13-25(28)27-19-23(22-11-7-8-12-24(22)27)21-14-16-26(17-15-21)18-20-9-5-4-6-10-20;/h1,4-12,14,19H,3,13,15-18H2;1H. The first-order valence-electron chi connectivity index (χ1n) is 9.90. The van der Waals surface area contributed by atoms with E-state index >= 15 is 0 Å². The molecule has 4 heteroatoms. The number of carbonyl (C=O) groups is 1. The van der Waals surface area contributed by atoms with Gasteiger partial charge in [0.05, 0.1) is 18.6 Å². The summed E-state index contributed by atoms with van der Waals surface area (Å²) in [6.07, 6.45) is 11.6. The van der Waals surface area contributed by atoms with Gasteiger partial charge in [-0.25, -0.2) is 0 Å². The molecule has 2 heterocycles. The van der Waals surface area contributed by atoms with Gasteiger partial charge in [0.2, 0.25) is 5.91 Å². The maximum Gasteiger partial charge on any atom is 0.232 e. The van der Waals surface area contributed by atoms with Crippen LogP contribution >= 0.6 is 0 Å². The Hall–Kier alpha value is -2.80. The molecule has 0 spiro atoms. The van der Waals surface area contributed by atoms with E-state index in [9.17, 15) is 4.79 Å². The van der Waals surface area contributed by atoms with E-state index in [1.54, 1.807) is 9.47 Å². The number of nitrogens with zero attached hydrogens (tertiary/aromatic N) is 1. The van der Waals surface area contributed by atoms with Gasteiger partial charge in [-0.1, -0.05) is 48.5 Å². The van der Waals surface area contributed by atoms with E-state index in [4.69, 9.17) is 6.42 Å². The molecule has 2 aromatic carbocycles. The van der Waals surface area contributed by atoms with Crippen molar-refractivity contribution in [3.8, 4) is 12.3 Å². The number of aromatic nitrogens is 1. The second-order valence-corrected chi connectivity index (χ2v) is 7.37. The van der Waals surface area contributed by atoms with Crippen LogP contribution in [0.5, 0.6) is 0 Å². The summed E-state index contributed by atoms with van der Waals surface area (Å²) in [5, 5.41) is 1.15. The summed E-state index contributed by atoms with van der Waals surface area (Å²) in [5.41, 5.74) is 4.88. The predicted molar refractivity (Wildman–Crippen MR) is 114 cm³/mol. The molecule has 0 aliphatic carbocycles. The van der Waals surface area contributed by atoms with Crippen molar-refractivity contribution < 1.29 is 22.1 Å². The summed E-state index contributed by atoms with van der Waals surface area (Å²) in [6.45, 7) is 3.16. The molecule has 1 aromatic heterocycles. The van der Waals surface area contributed by atoms with Crippen LogP contribution in [0.3, 0.4) is 0 Å². The molecule has 0 bridgehead atoms. The van der Waals surface area contributed by atoms with E-state index < -0.39 is 0 Å². The van der Waals surface area contributed by atoms with Crippen LogP contribution in [0.4, 0.5) is 0 Å². The normalized spacial score (nSPS) is 16.0. The first kappa shape index (κ1) is 20.9. The van der Waals surface area contributed by atoms with E-state index in [0.29, 0.717) is 12.8 Å². The van der Waals surface area contributed by atoms with E-state index in [1.165, 1.54) is 16.7 Å². The van der Waals surface area contributed by atoms with Gasteiger partial charge in [-0.3, -0.25) is 9.36 Å². The number of benzene rings is 2. The molecule has 29 heavy (non-hydrogen) atoms. The molecule has 1 atom stereocenters. The Morgan fingerprint density at radius 2 is 1.86 bits per heavy atom. The minimum atomic E-state index is 0. The molecule has 148 valence electrons. The van der Waals surface area contributed by atoms with Crippen molar-refractivity contribution in [1.29, 1.82) is 0 Å². The molecule has 0 radical (unpaired) electrons. The highest BCUT2D eigenvalue weighted by Crippen LogP contribution is 2.29. The fourth-order valence-corrected chi connectivity index (χ4v) is 4.01. The van der Waals surface area contributed by atoms with Crippen LogP contribution in [0.2, 0.25) is 0 Å². The molecule has 1 aliphatic rings. The first-order chi connectivity index (χ1) is 13.8. The van der Waals surface area contributed by atoms with Crippen molar-refractivity contribution in [3.05, 3.63) is 78.0 Å². The highest BCUT2D eigenvalue weighted by molar-refractivity contribution is 5.99. The summed E-state index contributed by atoms with van der Waals surface area (Å²) in [5.74, 6) is 2.63. The lowest BCUT2D eigenvalue weighted by atomic mass is 9.98. The molecule has 0 saturated heterocycles. The molecule has 0 fully saturated rings. The SMILES string of the molecule is C#CCCC(=O)n1cc(C2=CC[NH+](Cc3ccccc3)CC2)c2ccccc21.[Cl-]. The van der Waals surface area contributed by atoms with Crippen LogP contribution in [0.1, 0.15) is 35.2 Å². The predicted octanol–water partition coefficient (Wildman–Crippen LogP) is 0.571. The Balaban J connectivity index is 0.00000240. The van der Waals surface area contributed by atoms with Crippen molar-refractivity contribution in [1.82, 2.24) is 4.57 Å². The molecule has 1 N–H and O–H groups in total. The third kappa shape index (κ3) is 4.62. The average molecular weight is 405 g/mol. The van der Waals surface area contributed by atoms with Gasteiger partial charge in [0.15, 0.2) is 0 Å². The topological polar surface area (TPSA) is 26.4 Å². The van der Waals surface area contributed by atoms with Gasteiger partial charge in [0, 0.05) is 42.0 Å². The van der Waals surface area contributed by atoms with E-state index in [2.05, 4.69) is 48.4 Å². The number of halogens is 1. The molecular weight excluding hydrogens is 380 g/mol. The molecule has 1 unspecified atom stereocenters. The van der Waals surface area contributed by atoms with Crippen molar-refractivity contribution in [3.63, 3.8) is 0 Å². The van der Waals surface area contributed by atoms with Crippen molar-refractivity contribution >= 4 is 22.4 Å². The zero-order chi connectivity index (χ0) is 19.3. The Bertz CT molecular complexity index is 1060. The molecule has 1 aliphatic heterocycles. The summed E-state index contributed by atoms with van der Waals surface area (Å²) >= 11 is 0. The van der Waals surface area contributed by atoms with E-state index in [0.717, 1.165) is 37.0 Å². The fourth-order valence-electron chi connectivity index (χ4n) is 4.01. The quantitative estimate of drug-likeness (QED) is 0.618. The van der Waals surface area contributed by atoms with Gasteiger partial charge >= 0.3 is 0 Å². The lowest BCUT2D eigenvalue weighted by molar-refractivity contribution is -0.908.